The number of carbonyl (C=O) groups excluding carboxylic acids is 7. The number of ketones is 1. The summed E-state index contributed by atoms with van der Waals surface area (Å²) in [5.74, 6) is -2.64. The van der Waals surface area contributed by atoms with Gasteiger partial charge in [0, 0.05) is 25.6 Å². The second-order valence-corrected chi connectivity index (χ2v) is 17.4. The Balaban J connectivity index is 0.000000531. The predicted octanol–water partition coefficient (Wildman–Crippen LogP) is 6.77. The van der Waals surface area contributed by atoms with Crippen molar-refractivity contribution in [3.63, 3.8) is 0 Å². The Morgan fingerprint density at radius 3 is 1.95 bits per heavy atom. The number of aliphatic hydroxyl groups is 1. The molecule has 2 aromatic rings. The first-order valence-corrected chi connectivity index (χ1v) is 23.4. The summed E-state index contributed by atoms with van der Waals surface area (Å²) in [6.07, 6.45) is 15.5. The van der Waals surface area contributed by atoms with Crippen LogP contribution in [0.5, 0.6) is 0 Å². The van der Waals surface area contributed by atoms with Gasteiger partial charge in [-0.25, -0.2) is 4.79 Å². The lowest BCUT2D eigenvalue weighted by Crippen LogP contribution is -2.48. The molecule has 14 nitrogen and oxygen atoms in total. The van der Waals surface area contributed by atoms with Crippen LogP contribution >= 0.6 is 0 Å². The molecule has 0 aromatic heterocycles. The van der Waals surface area contributed by atoms with Gasteiger partial charge in [-0.05, 0) is 88.8 Å². The lowest BCUT2D eigenvalue weighted by Gasteiger charge is -2.25. The Morgan fingerprint density at radius 1 is 0.828 bits per heavy atom. The molecule has 4 rings (SSSR count). The van der Waals surface area contributed by atoms with Gasteiger partial charge in [-0.2, -0.15) is 0 Å². The van der Waals surface area contributed by atoms with Gasteiger partial charge in [0.25, 0.3) is 5.91 Å². The van der Waals surface area contributed by atoms with Gasteiger partial charge in [0.05, 0.1) is 19.1 Å². The van der Waals surface area contributed by atoms with Crippen LogP contribution < -0.4 is 21.3 Å². The third kappa shape index (κ3) is 24.1. The molecule has 1 aliphatic carbocycles. The summed E-state index contributed by atoms with van der Waals surface area (Å²) in [5, 5.41) is 17.7. The molecule has 0 bridgehead atoms. The van der Waals surface area contributed by atoms with Gasteiger partial charge in [-0.3, -0.25) is 28.8 Å². The van der Waals surface area contributed by atoms with Crippen molar-refractivity contribution in [3.05, 3.63) is 71.3 Å². The second kappa shape index (κ2) is 32.5. The molecule has 358 valence electrons. The Labute approximate surface area is 382 Å². The Kier molecular flexibility index (Phi) is 28.9. The zero-order valence-electron chi connectivity index (χ0n) is 40.0. The van der Waals surface area contributed by atoms with Crippen molar-refractivity contribution >= 4 is 41.8 Å². The Morgan fingerprint density at radius 2 is 1.44 bits per heavy atom. The monoisotopic (exact) mass is 894 g/mol. The van der Waals surface area contributed by atoms with Gasteiger partial charge in [0.15, 0.2) is 6.04 Å². The fourth-order valence-corrected chi connectivity index (χ4v) is 6.84. The summed E-state index contributed by atoms with van der Waals surface area (Å²) in [7, 11) is 0. The van der Waals surface area contributed by atoms with Crippen LogP contribution in [0.2, 0.25) is 0 Å². The van der Waals surface area contributed by atoms with Crippen LogP contribution in [0.4, 0.5) is 0 Å². The van der Waals surface area contributed by atoms with Crippen molar-refractivity contribution in [2.45, 2.75) is 175 Å². The summed E-state index contributed by atoms with van der Waals surface area (Å²) in [4.78, 5) is 85.6. The number of ether oxygens (including phenoxy) is 1. The number of nitrogens with zero attached hydrogens (tertiary/aromatic N) is 1. The predicted molar refractivity (Wildman–Crippen MR) is 251 cm³/mol. The van der Waals surface area contributed by atoms with Gasteiger partial charge in [-0.1, -0.05) is 127 Å². The van der Waals surface area contributed by atoms with Crippen molar-refractivity contribution < 1.29 is 43.4 Å². The number of rotatable bonds is 19. The minimum absolute atomic E-state index is 0.0344. The molecule has 2 aliphatic rings. The highest BCUT2D eigenvalue weighted by Gasteiger charge is 2.29. The first kappa shape index (κ1) is 56.9. The van der Waals surface area contributed by atoms with Gasteiger partial charge in [-0.15, -0.1) is 0 Å². The number of amides is 5. The Bertz CT molecular complexity index is 1680. The van der Waals surface area contributed by atoms with E-state index < -0.39 is 47.8 Å². The molecule has 1 saturated carbocycles. The molecule has 0 radical (unpaired) electrons. The van der Waals surface area contributed by atoms with Crippen molar-refractivity contribution in [1.82, 2.24) is 26.2 Å². The SMILES string of the molecule is C1CCCCC1.CCC(C)c1cccc(CCC(=O)NCC(=O)N2CCCC2C)c1.CCCC(NC=O)C(=O)C(=O)NCC(=O)NC(C(=O)OC(C)(C)C)c1ccccc1.CCCO. The zero-order chi connectivity index (χ0) is 47.9. The van der Waals surface area contributed by atoms with Gasteiger partial charge >= 0.3 is 5.97 Å². The van der Waals surface area contributed by atoms with Crippen LogP contribution in [0.3, 0.4) is 0 Å². The maximum Gasteiger partial charge on any atom is 0.333 e. The molecule has 2 aromatic carbocycles. The van der Waals surface area contributed by atoms with E-state index in [0.29, 0.717) is 56.2 Å². The molecule has 5 amide bonds. The van der Waals surface area contributed by atoms with E-state index in [-0.39, 0.29) is 18.4 Å². The maximum absolute atomic E-state index is 12.6. The highest BCUT2D eigenvalue weighted by molar-refractivity contribution is 6.38. The van der Waals surface area contributed by atoms with Crippen LogP contribution in [0.1, 0.15) is 168 Å². The molecular formula is C50H79N5O9. The number of benzene rings is 2. The van der Waals surface area contributed by atoms with E-state index in [1.54, 1.807) is 58.0 Å². The van der Waals surface area contributed by atoms with E-state index in [0.717, 1.165) is 32.2 Å². The first-order chi connectivity index (χ1) is 30.5. The number of Topliss-reactive ketones (excluding diaryl/α,β-unsaturated/α-hetero) is 1. The highest BCUT2D eigenvalue weighted by Crippen LogP contribution is 2.21. The van der Waals surface area contributed by atoms with E-state index in [2.05, 4.69) is 66.3 Å². The molecule has 64 heavy (non-hydrogen) atoms. The molecule has 4 unspecified atom stereocenters. The number of hydrogen-bond donors (Lipinski definition) is 5. The van der Waals surface area contributed by atoms with Gasteiger partial charge in [0.2, 0.25) is 29.9 Å². The van der Waals surface area contributed by atoms with Gasteiger partial charge < -0.3 is 36.0 Å². The summed E-state index contributed by atoms with van der Waals surface area (Å²) in [6.45, 7) is 16.1. The van der Waals surface area contributed by atoms with E-state index in [1.165, 1.54) is 49.7 Å². The summed E-state index contributed by atoms with van der Waals surface area (Å²) >= 11 is 0. The number of hydrogen-bond acceptors (Lipinski definition) is 9. The van der Waals surface area contributed by atoms with E-state index in [4.69, 9.17) is 9.84 Å². The quantitative estimate of drug-likeness (QED) is 0.0573. The first-order valence-electron chi connectivity index (χ1n) is 23.4. The number of nitrogens with one attached hydrogen (secondary N) is 4. The molecular weight excluding hydrogens is 815 g/mol. The highest BCUT2D eigenvalue weighted by atomic mass is 16.6. The Hall–Kier alpha value is -5.11. The fourth-order valence-electron chi connectivity index (χ4n) is 6.84. The van der Waals surface area contributed by atoms with Crippen LogP contribution in [0, 0.1) is 0 Å². The van der Waals surface area contributed by atoms with E-state index in [1.807, 2.05) is 11.8 Å². The number of aliphatic hydroxyl groups excluding tert-OH is 1. The number of aryl methyl sites for hydroxylation is 1. The number of carbonyl (C=O) groups is 7. The number of esters is 1. The average molecular weight is 894 g/mol. The van der Waals surface area contributed by atoms with Crippen molar-refractivity contribution in [2.24, 2.45) is 0 Å². The third-order valence-corrected chi connectivity index (χ3v) is 10.7. The molecule has 1 saturated heterocycles. The molecule has 0 spiro atoms. The van der Waals surface area contributed by atoms with Crippen LogP contribution in [-0.4, -0.2) is 95.7 Å². The minimum Gasteiger partial charge on any atom is -0.458 e. The minimum atomic E-state index is -1.07. The third-order valence-electron chi connectivity index (χ3n) is 10.7. The van der Waals surface area contributed by atoms with E-state index in [9.17, 15) is 33.6 Å². The normalized spacial score (nSPS) is 15.6. The smallest absolute Gasteiger partial charge is 0.333 e. The summed E-state index contributed by atoms with van der Waals surface area (Å²) in [6, 6.07) is 15.3. The van der Waals surface area contributed by atoms with Crippen LogP contribution in [0.25, 0.3) is 0 Å². The second-order valence-electron chi connectivity index (χ2n) is 17.4. The molecule has 1 heterocycles. The van der Waals surface area contributed by atoms with Crippen molar-refractivity contribution in [3.8, 4) is 0 Å². The van der Waals surface area contributed by atoms with Gasteiger partial charge in [0.1, 0.15) is 5.60 Å². The summed E-state index contributed by atoms with van der Waals surface area (Å²) in [5.41, 5.74) is 2.27. The van der Waals surface area contributed by atoms with Crippen molar-refractivity contribution in [1.29, 1.82) is 0 Å². The zero-order valence-corrected chi connectivity index (χ0v) is 40.0. The standard InChI is InChI=1S/C21H29N3O6.C20H30N2O2.C6H12.C3H8O/c1-5-9-15(23-13-25)18(27)19(28)22-12-16(26)24-17(14-10-7-6-8-11-14)20(29)30-21(2,3)4;1-4-15(2)18-9-5-8-17(13-18)10-11-19(23)21-14-20(24)22-12-6-7-16(22)3;1-2-4-6-5-3-1;1-2-3-4/h6-8,10-11,13,15,17H,5,9,12H2,1-4H3,(H,22,28)(H,23,25)(H,24,26);5,8-9,13,15-16H,4,6-7,10-12,14H2,1-3H3,(H,21,23);1-6H2;4H,2-3H2,1H3. The van der Waals surface area contributed by atoms with Crippen molar-refractivity contribution in [2.75, 3.05) is 26.2 Å². The molecule has 14 heteroatoms. The lowest BCUT2D eigenvalue weighted by molar-refractivity contribution is -0.158. The average Bonchev–Trinajstić information content (AvgIpc) is 3.74. The molecule has 1 aliphatic heterocycles. The van der Waals surface area contributed by atoms with E-state index >= 15 is 0 Å². The van der Waals surface area contributed by atoms with Crippen LogP contribution in [0.15, 0.2) is 54.6 Å². The topological polar surface area (TPSA) is 200 Å². The molecule has 5 N–H and O–H groups in total. The fraction of sp³-hybridized carbons (Fsp3) is 0.620. The largest absolute Gasteiger partial charge is 0.458 e. The molecule has 2 fully saturated rings. The maximum atomic E-state index is 12.6. The molecule has 4 atom stereocenters. The van der Waals surface area contributed by atoms with Crippen LogP contribution in [-0.2, 0) is 44.7 Å². The lowest BCUT2D eigenvalue weighted by atomic mass is 9.96. The summed E-state index contributed by atoms with van der Waals surface area (Å²) < 4.78 is 5.37. The number of likely N-dealkylation sites (tertiary alicyclic amines) is 1.